The van der Waals surface area contributed by atoms with E-state index < -0.39 is 18.1 Å². The van der Waals surface area contributed by atoms with Gasteiger partial charge in [0.2, 0.25) is 0 Å². The van der Waals surface area contributed by atoms with E-state index in [1.807, 2.05) is 66.7 Å². The lowest BCUT2D eigenvalue weighted by Gasteiger charge is -2.17. The highest BCUT2D eigenvalue weighted by Gasteiger charge is 2.29. The average molecular weight is 388 g/mol. The van der Waals surface area contributed by atoms with Gasteiger partial charge in [-0.3, -0.25) is 0 Å². The van der Waals surface area contributed by atoms with Gasteiger partial charge in [-0.05, 0) is 27.8 Å². The van der Waals surface area contributed by atoms with Crippen molar-refractivity contribution in [1.82, 2.24) is 5.32 Å². The third kappa shape index (κ3) is 3.99. The van der Waals surface area contributed by atoms with Crippen LogP contribution in [0.5, 0.6) is 0 Å². The predicted octanol–water partition coefficient (Wildman–Crippen LogP) is 4.22. The summed E-state index contributed by atoms with van der Waals surface area (Å²) in [6.45, 7) is 0.150. The summed E-state index contributed by atoms with van der Waals surface area (Å²) in [7, 11) is 0. The Morgan fingerprint density at radius 3 is 2.00 bits per heavy atom. The van der Waals surface area contributed by atoms with E-state index in [-0.39, 0.29) is 18.9 Å². The van der Waals surface area contributed by atoms with Crippen molar-refractivity contribution in [2.75, 3.05) is 6.61 Å². The third-order valence-electron chi connectivity index (χ3n) is 5.22. The minimum Gasteiger partial charge on any atom is -0.480 e. The molecule has 0 aromatic heterocycles. The Morgan fingerprint density at radius 1 is 0.862 bits per heavy atom. The van der Waals surface area contributed by atoms with Crippen LogP contribution in [-0.4, -0.2) is 29.8 Å². The zero-order valence-corrected chi connectivity index (χ0v) is 15.7. The van der Waals surface area contributed by atoms with E-state index in [0.29, 0.717) is 0 Å². The topological polar surface area (TPSA) is 75.6 Å². The van der Waals surface area contributed by atoms with E-state index in [2.05, 4.69) is 17.4 Å². The van der Waals surface area contributed by atoms with Crippen LogP contribution in [0.25, 0.3) is 11.1 Å². The maximum absolute atomic E-state index is 12.3. The van der Waals surface area contributed by atoms with Crippen molar-refractivity contribution in [2.45, 2.75) is 18.4 Å². The normalized spacial score (nSPS) is 13.2. The summed E-state index contributed by atoms with van der Waals surface area (Å²) in [5, 5.41) is 11.9. The van der Waals surface area contributed by atoms with E-state index >= 15 is 0 Å². The summed E-state index contributed by atoms with van der Waals surface area (Å²) < 4.78 is 5.44. The quantitative estimate of drug-likeness (QED) is 0.620. The van der Waals surface area contributed by atoms with Gasteiger partial charge in [-0.15, -0.1) is 0 Å². The number of amides is 1. The van der Waals surface area contributed by atoms with Crippen LogP contribution in [0.3, 0.4) is 0 Å². The Kier molecular flexibility index (Phi) is 5.29. The van der Waals surface area contributed by atoms with Crippen molar-refractivity contribution in [3.05, 3.63) is 95.6 Å². The molecule has 29 heavy (non-hydrogen) atoms. The lowest BCUT2D eigenvalue weighted by Crippen LogP contribution is -2.42. The molecule has 0 aliphatic heterocycles. The number of hydrogen-bond donors (Lipinski definition) is 2. The molecule has 1 aliphatic carbocycles. The largest absolute Gasteiger partial charge is 0.480 e. The van der Waals surface area contributed by atoms with E-state index in [9.17, 15) is 14.7 Å². The SMILES string of the molecule is O=C([15NH]C(Cc1ccccc1)C(=O)O)OCC1c2ccccc2-c2ccccc21. The van der Waals surface area contributed by atoms with Gasteiger partial charge < -0.3 is 15.2 Å². The smallest absolute Gasteiger partial charge is 0.407 e. The van der Waals surface area contributed by atoms with E-state index in [4.69, 9.17) is 4.74 Å². The van der Waals surface area contributed by atoms with Gasteiger partial charge in [0.25, 0.3) is 0 Å². The number of carboxylic acids is 1. The van der Waals surface area contributed by atoms with Gasteiger partial charge in [0.1, 0.15) is 12.6 Å². The number of alkyl carbamates (subject to hydrolysis) is 1. The molecule has 3 aromatic rings. The second kappa shape index (κ2) is 8.19. The van der Waals surface area contributed by atoms with Gasteiger partial charge in [-0.2, -0.15) is 0 Å². The van der Waals surface area contributed by atoms with Crippen LogP contribution >= 0.6 is 0 Å². The monoisotopic (exact) mass is 388 g/mol. The molecule has 0 bridgehead atoms. The first-order valence-corrected chi connectivity index (χ1v) is 9.51. The molecule has 0 radical (unpaired) electrons. The Balaban J connectivity index is 1.43. The highest BCUT2D eigenvalue weighted by Crippen LogP contribution is 2.44. The maximum atomic E-state index is 12.3. The molecule has 3 aromatic carbocycles. The molecular weight excluding hydrogens is 367 g/mol. The van der Waals surface area contributed by atoms with E-state index in [1.54, 1.807) is 0 Å². The second-order valence-electron chi connectivity index (χ2n) is 7.05. The highest BCUT2D eigenvalue weighted by molar-refractivity contribution is 5.81. The second-order valence-corrected chi connectivity index (χ2v) is 7.05. The van der Waals surface area contributed by atoms with Crippen LogP contribution in [-0.2, 0) is 16.0 Å². The Bertz CT molecular complexity index is 986. The molecule has 1 amide bonds. The van der Waals surface area contributed by atoms with Gasteiger partial charge >= 0.3 is 12.1 Å². The van der Waals surface area contributed by atoms with E-state index in [0.717, 1.165) is 27.8 Å². The van der Waals surface area contributed by atoms with Crippen LogP contribution in [0, 0.1) is 0 Å². The number of carboxylic acid groups (broad SMARTS) is 1. The van der Waals surface area contributed by atoms with Gasteiger partial charge in [0, 0.05) is 12.3 Å². The number of carbonyl (C=O) groups excluding carboxylic acids is 1. The minimum absolute atomic E-state index is 0.0643. The molecule has 2 N–H and O–H groups in total. The van der Waals surface area contributed by atoms with Gasteiger partial charge in [-0.1, -0.05) is 78.9 Å². The molecule has 0 fully saturated rings. The fraction of sp³-hybridized carbons (Fsp3) is 0.167. The molecule has 0 spiro atoms. The first-order chi connectivity index (χ1) is 14.1. The van der Waals surface area contributed by atoms with Crippen LogP contribution in [0.4, 0.5) is 4.79 Å². The third-order valence-corrected chi connectivity index (χ3v) is 5.22. The lowest BCUT2D eigenvalue weighted by molar-refractivity contribution is -0.139. The summed E-state index contributed by atoms with van der Waals surface area (Å²) in [6.07, 6.45) is -0.532. The molecule has 1 aliphatic rings. The Morgan fingerprint density at radius 2 is 1.41 bits per heavy atom. The number of carbonyl (C=O) groups is 2. The van der Waals surface area contributed by atoms with Gasteiger partial charge in [0.15, 0.2) is 0 Å². The van der Waals surface area contributed by atoms with Gasteiger partial charge in [0.05, 0.1) is 0 Å². The van der Waals surface area contributed by atoms with Crippen LogP contribution in [0.2, 0.25) is 0 Å². The molecule has 1 atom stereocenters. The first-order valence-electron chi connectivity index (χ1n) is 9.51. The molecule has 4 rings (SSSR count). The number of ether oxygens (including phenoxy) is 1. The van der Waals surface area contributed by atoms with Crippen molar-refractivity contribution < 1.29 is 19.4 Å². The molecule has 146 valence electrons. The van der Waals surface area contributed by atoms with Crippen molar-refractivity contribution in [3.63, 3.8) is 0 Å². The van der Waals surface area contributed by atoms with Crippen molar-refractivity contribution in [1.29, 1.82) is 0 Å². The molecule has 0 saturated heterocycles. The molecule has 0 saturated carbocycles. The zero-order valence-electron chi connectivity index (χ0n) is 15.7. The number of benzene rings is 3. The van der Waals surface area contributed by atoms with E-state index in [1.165, 1.54) is 0 Å². The fourth-order valence-electron chi connectivity index (χ4n) is 3.83. The first kappa shape index (κ1) is 18.7. The number of hydrogen-bond acceptors (Lipinski definition) is 3. The molecule has 5 heteroatoms. The van der Waals surface area contributed by atoms with Gasteiger partial charge in [-0.25, -0.2) is 9.59 Å². The van der Waals surface area contributed by atoms with Crippen molar-refractivity contribution in [3.8, 4) is 11.1 Å². The van der Waals surface area contributed by atoms with Crippen molar-refractivity contribution >= 4 is 12.1 Å². The summed E-state index contributed by atoms with van der Waals surface area (Å²) in [4.78, 5) is 23.9. The fourth-order valence-corrected chi connectivity index (χ4v) is 3.83. The maximum Gasteiger partial charge on any atom is 0.407 e. The van der Waals surface area contributed by atoms with Crippen LogP contribution < -0.4 is 5.32 Å². The molecular formula is C24H21NO4. The summed E-state index contributed by atoms with van der Waals surface area (Å²) in [6, 6.07) is 24.3. The van der Waals surface area contributed by atoms with Crippen molar-refractivity contribution in [2.24, 2.45) is 0 Å². The molecule has 5 nitrogen and oxygen atoms in total. The van der Waals surface area contributed by atoms with Crippen LogP contribution in [0.15, 0.2) is 78.9 Å². The lowest BCUT2D eigenvalue weighted by atomic mass is 9.98. The number of rotatable bonds is 6. The number of aliphatic carboxylic acids is 1. The molecule has 1 unspecified atom stereocenters. The summed E-state index contributed by atoms with van der Waals surface area (Å²) in [5.41, 5.74) is 5.34. The summed E-state index contributed by atoms with van der Waals surface area (Å²) in [5.74, 6) is -1.16. The summed E-state index contributed by atoms with van der Waals surface area (Å²) >= 11 is 0. The number of fused-ring (bicyclic) bond motifs is 3. The standard InChI is InChI=1S/C24H21NO4/c26-23(27)22(14-16-8-2-1-3-9-16)25-24(28)29-15-21-19-12-6-4-10-17(19)18-11-5-7-13-20(18)21/h1-13,21-22H,14-15H2,(H,25,28)(H,26,27)/i25+1. The molecule has 0 heterocycles. The van der Waals surface area contributed by atoms with Crippen LogP contribution in [0.1, 0.15) is 22.6 Å². The highest BCUT2D eigenvalue weighted by atomic mass is 16.6. The predicted molar refractivity (Wildman–Crippen MR) is 110 cm³/mol. The zero-order chi connectivity index (χ0) is 20.2. The Hall–Kier alpha value is -3.60. The average Bonchev–Trinajstić information content (AvgIpc) is 3.06. The minimum atomic E-state index is -1.10. The Labute approximate surface area is 169 Å². The number of nitrogens with one attached hydrogen (secondary N) is 1.